The second-order valence-corrected chi connectivity index (χ2v) is 8.43. The van der Waals surface area contributed by atoms with Crippen molar-refractivity contribution in [3.8, 4) is 22.9 Å². The van der Waals surface area contributed by atoms with Crippen LogP contribution < -0.4 is 14.2 Å². The van der Waals surface area contributed by atoms with Gasteiger partial charge in [0.25, 0.3) is 0 Å². The highest BCUT2D eigenvalue weighted by Crippen LogP contribution is 2.35. The topological polar surface area (TPSA) is 87.0 Å². The Labute approximate surface area is 216 Å². The molecule has 0 fully saturated rings. The number of ether oxygens (including phenoxy) is 3. The molecule has 0 spiro atoms. The quantitative estimate of drug-likeness (QED) is 0.257. The molecule has 0 aliphatic rings. The van der Waals surface area contributed by atoms with Crippen LogP contribution in [0, 0.1) is 6.92 Å². The van der Waals surface area contributed by atoms with Gasteiger partial charge in [-0.2, -0.15) is 0 Å². The van der Waals surface area contributed by atoms with E-state index >= 15 is 0 Å². The first-order valence-corrected chi connectivity index (χ1v) is 11.6. The third-order valence-corrected chi connectivity index (χ3v) is 5.99. The zero-order valence-electron chi connectivity index (χ0n) is 20.7. The molecule has 0 saturated carbocycles. The number of rotatable bonds is 9. The van der Waals surface area contributed by atoms with Crippen LogP contribution in [0.3, 0.4) is 0 Å². The van der Waals surface area contributed by atoms with Gasteiger partial charge >= 0.3 is 12.3 Å². The molecule has 1 N–H and O–H groups in total. The summed E-state index contributed by atoms with van der Waals surface area (Å²) in [6.45, 7) is 3.35. The average molecular weight is 527 g/mol. The molecule has 1 aromatic heterocycles. The molecule has 1 atom stereocenters. The lowest BCUT2D eigenvalue weighted by molar-refractivity contribution is -0.274. The first kappa shape index (κ1) is 26.6. The van der Waals surface area contributed by atoms with Crippen molar-refractivity contribution < 1.29 is 42.1 Å². The number of benzene rings is 3. The van der Waals surface area contributed by atoms with Gasteiger partial charge < -0.3 is 23.9 Å². The van der Waals surface area contributed by atoms with E-state index in [-0.39, 0.29) is 18.0 Å². The summed E-state index contributed by atoms with van der Waals surface area (Å²) in [4.78, 5) is 25.1. The molecule has 0 amide bonds. The van der Waals surface area contributed by atoms with Gasteiger partial charge in [-0.15, -0.1) is 13.2 Å². The van der Waals surface area contributed by atoms with Gasteiger partial charge in [0, 0.05) is 34.5 Å². The lowest BCUT2D eigenvalue weighted by atomic mass is 10.0. The molecule has 3 aromatic carbocycles. The molecular formula is C28H24F3NO6. The van der Waals surface area contributed by atoms with Crippen LogP contribution in [0.4, 0.5) is 13.2 Å². The number of carbonyl (C=O) groups excluding carboxylic acids is 1. The zero-order chi connectivity index (χ0) is 27.6. The third kappa shape index (κ3) is 5.44. The molecule has 0 aliphatic heterocycles. The van der Waals surface area contributed by atoms with Crippen LogP contribution >= 0.6 is 0 Å². The van der Waals surface area contributed by atoms with Crippen LogP contribution in [-0.4, -0.2) is 41.0 Å². The van der Waals surface area contributed by atoms with Gasteiger partial charge in [0.2, 0.25) is 0 Å². The summed E-state index contributed by atoms with van der Waals surface area (Å²) >= 11 is 0. The van der Waals surface area contributed by atoms with Crippen LogP contribution in [0.5, 0.6) is 17.2 Å². The Morgan fingerprint density at radius 2 is 1.66 bits per heavy atom. The molecule has 7 nitrogen and oxygen atoms in total. The predicted molar refractivity (Wildman–Crippen MR) is 133 cm³/mol. The monoisotopic (exact) mass is 527 g/mol. The van der Waals surface area contributed by atoms with E-state index in [1.54, 1.807) is 66.9 Å². The minimum absolute atomic E-state index is 0.226. The number of fused-ring (bicyclic) bond motifs is 1. The number of hydrogen-bond acceptors (Lipinski definition) is 5. The SMILES string of the molecule is CC[C@H](Oc1cccc(-n2c(C)c(C(=O)c3ccc(OC)cc3)c3ccc(OC(F)(F)F)cc32)c1)C(=O)O. The maximum absolute atomic E-state index is 13.6. The number of hydrogen-bond donors (Lipinski definition) is 1. The summed E-state index contributed by atoms with van der Waals surface area (Å²) in [5, 5.41) is 9.77. The Bertz CT molecular complexity index is 1490. The Balaban J connectivity index is 1.89. The van der Waals surface area contributed by atoms with E-state index in [9.17, 15) is 27.9 Å². The number of nitrogens with zero attached hydrogens (tertiary/aromatic N) is 1. The van der Waals surface area contributed by atoms with Gasteiger partial charge in [0.05, 0.1) is 18.2 Å². The first-order valence-electron chi connectivity index (χ1n) is 11.6. The summed E-state index contributed by atoms with van der Waals surface area (Å²) in [5.41, 5.74) is 1.89. The van der Waals surface area contributed by atoms with Crippen molar-refractivity contribution in [2.24, 2.45) is 0 Å². The van der Waals surface area contributed by atoms with Gasteiger partial charge in [0.1, 0.15) is 17.2 Å². The number of halogens is 3. The number of ketones is 1. The summed E-state index contributed by atoms with van der Waals surface area (Å²) in [6, 6.07) is 16.7. The average Bonchev–Trinajstić information content (AvgIpc) is 3.16. The van der Waals surface area contributed by atoms with Crippen molar-refractivity contribution in [1.82, 2.24) is 4.57 Å². The lowest BCUT2D eigenvalue weighted by Gasteiger charge is -2.15. The van der Waals surface area contributed by atoms with Crippen LogP contribution in [0.15, 0.2) is 66.7 Å². The Morgan fingerprint density at radius 1 is 0.974 bits per heavy atom. The van der Waals surface area contributed by atoms with Crippen molar-refractivity contribution in [2.75, 3.05) is 7.11 Å². The summed E-state index contributed by atoms with van der Waals surface area (Å²) < 4.78 is 55.4. The zero-order valence-corrected chi connectivity index (χ0v) is 20.7. The maximum Gasteiger partial charge on any atom is 0.573 e. The van der Waals surface area contributed by atoms with E-state index in [0.717, 1.165) is 6.07 Å². The van der Waals surface area contributed by atoms with E-state index in [1.807, 2.05) is 0 Å². The largest absolute Gasteiger partial charge is 0.573 e. The summed E-state index contributed by atoms with van der Waals surface area (Å²) in [5.74, 6) is -1.08. The van der Waals surface area contributed by atoms with Gasteiger partial charge in [-0.1, -0.05) is 13.0 Å². The molecule has 0 aliphatic carbocycles. The molecule has 38 heavy (non-hydrogen) atoms. The molecule has 0 saturated heterocycles. The number of alkyl halides is 3. The Morgan fingerprint density at radius 3 is 2.26 bits per heavy atom. The minimum atomic E-state index is -4.90. The van der Waals surface area contributed by atoms with Crippen LogP contribution in [0.1, 0.15) is 35.0 Å². The first-order chi connectivity index (χ1) is 18.0. The van der Waals surface area contributed by atoms with Crippen molar-refractivity contribution in [3.63, 3.8) is 0 Å². The number of aliphatic carboxylic acids is 1. The second kappa shape index (κ2) is 10.5. The highest BCUT2D eigenvalue weighted by Gasteiger charge is 2.32. The number of aromatic nitrogens is 1. The molecule has 4 rings (SSSR count). The van der Waals surface area contributed by atoms with Gasteiger partial charge in [-0.3, -0.25) is 4.79 Å². The number of carboxylic acids is 1. The van der Waals surface area contributed by atoms with E-state index in [0.29, 0.717) is 39.2 Å². The number of carboxylic acid groups (broad SMARTS) is 1. The molecule has 1 heterocycles. The van der Waals surface area contributed by atoms with Crippen LogP contribution in [-0.2, 0) is 4.79 Å². The van der Waals surface area contributed by atoms with Crippen molar-refractivity contribution >= 4 is 22.7 Å². The highest BCUT2D eigenvalue weighted by molar-refractivity contribution is 6.18. The fourth-order valence-corrected chi connectivity index (χ4v) is 4.27. The molecule has 0 unspecified atom stereocenters. The maximum atomic E-state index is 13.6. The van der Waals surface area contributed by atoms with Gasteiger partial charge in [0.15, 0.2) is 11.9 Å². The van der Waals surface area contributed by atoms with Crippen LogP contribution in [0.25, 0.3) is 16.6 Å². The van der Waals surface area contributed by atoms with Gasteiger partial charge in [-0.25, -0.2) is 4.79 Å². The lowest BCUT2D eigenvalue weighted by Crippen LogP contribution is -2.25. The fraction of sp³-hybridized carbons (Fsp3) is 0.214. The number of methoxy groups -OCH3 is 1. The fourth-order valence-electron chi connectivity index (χ4n) is 4.27. The van der Waals surface area contributed by atoms with E-state index < -0.39 is 24.2 Å². The Hall–Kier alpha value is -4.47. The Kier molecular flexibility index (Phi) is 7.34. The molecule has 4 aromatic rings. The molecular weight excluding hydrogens is 503 g/mol. The van der Waals surface area contributed by atoms with Crippen molar-refractivity contribution in [1.29, 1.82) is 0 Å². The van der Waals surface area contributed by atoms with Crippen LogP contribution in [0.2, 0.25) is 0 Å². The molecule has 198 valence electrons. The standard InChI is InChI=1S/C28H24F3NO6/c1-4-24(27(34)35)37-20-7-5-6-18(14-20)32-16(2)25(26(33)17-8-10-19(36-3)11-9-17)22-13-12-21(15-23(22)32)38-28(29,30)31/h5-15,24H,4H2,1-3H3,(H,34,35)/t24-/m0/s1. The molecule has 0 radical (unpaired) electrons. The van der Waals surface area contributed by atoms with Crippen molar-refractivity contribution in [3.05, 3.63) is 83.6 Å². The predicted octanol–water partition coefficient (Wildman–Crippen LogP) is 6.32. The normalized spacial score (nSPS) is 12.3. The third-order valence-electron chi connectivity index (χ3n) is 5.99. The second-order valence-electron chi connectivity index (χ2n) is 8.43. The van der Waals surface area contributed by atoms with Crippen molar-refractivity contribution in [2.45, 2.75) is 32.7 Å². The molecule has 0 bridgehead atoms. The van der Waals surface area contributed by atoms with Gasteiger partial charge in [-0.05, 0) is 61.9 Å². The van der Waals surface area contributed by atoms with E-state index in [4.69, 9.17) is 9.47 Å². The smallest absolute Gasteiger partial charge is 0.497 e. The summed E-state index contributed by atoms with van der Waals surface area (Å²) in [6.07, 6.45) is -5.75. The number of carbonyl (C=O) groups is 2. The summed E-state index contributed by atoms with van der Waals surface area (Å²) in [7, 11) is 1.51. The minimum Gasteiger partial charge on any atom is -0.497 e. The highest BCUT2D eigenvalue weighted by atomic mass is 19.4. The van der Waals surface area contributed by atoms with E-state index in [2.05, 4.69) is 4.74 Å². The van der Waals surface area contributed by atoms with E-state index in [1.165, 1.54) is 19.2 Å². The molecule has 10 heteroatoms.